The average molecular weight is 254 g/mol. The lowest BCUT2D eigenvalue weighted by atomic mass is 10.1. The Morgan fingerprint density at radius 3 is 2.31 bits per heavy atom. The lowest BCUT2D eigenvalue weighted by Crippen LogP contribution is -1.80. The van der Waals surface area contributed by atoms with Crippen molar-refractivity contribution in [1.29, 1.82) is 0 Å². The van der Waals surface area contributed by atoms with E-state index in [9.17, 15) is 0 Å². The van der Waals surface area contributed by atoms with E-state index in [1.807, 2.05) is 21.6 Å². The van der Waals surface area contributed by atoms with Crippen molar-refractivity contribution < 1.29 is 0 Å². The summed E-state index contributed by atoms with van der Waals surface area (Å²) in [6.45, 7) is 2.27. The maximum atomic E-state index is 2.27. The molecule has 0 nitrogen and oxygen atoms in total. The first-order chi connectivity index (χ1) is 7.93. The van der Waals surface area contributed by atoms with Crippen LogP contribution >= 0.6 is 21.6 Å². The molecule has 2 heteroatoms. The summed E-state index contributed by atoms with van der Waals surface area (Å²) >= 11 is 0. The second kappa shape index (κ2) is 10.1. The maximum Gasteiger partial charge on any atom is 0.0182 e. The van der Waals surface area contributed by atoms with Gasteiger partial charge in [-0.3, -0.25) is 0 Å². The Morgan fingerprint density at radius 1 is 0.875 bits per heavy atom. The second-order valence-electron chi connectivity index (χ2n) is 3.99. The highest BCUT2D eigenvalue weighted by molar-refractivity contribution is 8.76. The van der Waals surface area contributed by atoms with Crippen LogP contribution in [0.4, 0.5) is 0 Å². The molecular formula is C14H22S2. The molecule has 0 amide bonds. The number of unbranched alkanes of at least 4 members (excludes halogenated alkanes) is 5. The van der Waals surface area contributed by atoms with Crippen LogP contribution in [0, 0.1) is 0 Å². The lowest BCUT2D eigenvalue weighted by molar-refractivity contribution is 0.627. The van der Waals surface area contributed by atoms with Crippen molar-refractivity contribution >= 4 is 21.6 Å². The Bertz CT molecular complexity index is 246. The van der Waals surface area contributed by atoms with Gasteiger partial charge in [-0.15, -0.1) is 0 Å². The number of hydrogen-bond acceptors (Lipinski definition) is 2. The number of rotatable bonds is 9. The zero-order valence-corrected chi connectivity index (χ0v) is 11.8. The number of hydrogen-bond donors (Lipinski definition) is 0. The highest BCUT2D eigenvalue weighted by atomic mass is 33.1. The number of benzene rings is 1. The molecule has 0 saturated carbocycles. The van der Waals surface area contributed by atoms with Crippen LogP contribution in [0.25, 0.3) is 0 Å². The van der Waals surface area contributed by atoms with Gasteiger partial charge in [0.25, 0.3) is 0 Å². The van der Waals surface area contributed by atoms with Gasteiger partial charge in [0.1, 0.15) is 0 Å². The molecule has 0 aliphatic carbocycles. The van der Waals surface area contributed by atoms with E-state index >= 15 is 0 Å². The minimum atomic E-state index is 1.28. The molecule has 1 aromatic rings. The predicted molar refractivity (Wildman–Crippen MR) is 78.1 cm³/mol. The third-order valence-electron chi connectivity index (χ3n) is 2.48. The first-order valence-electron chi connectivity index (χ1n) is 6.28. The standard InChI is InChI=1S/C14H22S2/c1-2-3-4-5-6-10-13-15-16-14-11-8-7-9-12-14/h7-9,11-12H,2-6,10,13H2,1H3. The first kappa shape index (κ1) is 14.0. The fourth-order valence-corrected chi connectivity index (χ4v) is 3.68. The molecule has 0 unspecified atom stereocenters. The van der Waals surface area contributed by atoms with Crippen LogP contribution in [-0.4, -0.2) is 5.75 Å². The van der Waals surface area contributed by atoms with E-state index in [1.54, 1.807) is 0 Å². The molecule has 90 valence electrons. The summed E-state index contributed by atoms with van der Waals surface area (Å²) < 4.78 is 0. The fraction of sp³-hybridized carbons (Fsp3) is 0.571. The van der Waals surface area contributed by atoms with E-state index in [0.717, 1.165) is 0 Å². The molecule has 0 saturated heterocycles. The molecule has 0 atom stereocenters. The van der Waals surface area contributed by atoms with Gasteiger partial charge < -0.3 is 0 Å². The van der Waals surface area contributed by atoms with Crippen LogP contribution < -0.4 is 0 Å². The summed E-state index contributed by atoms with van der Waals surface area (Å²) in [5, 5.41) is 0. The Morgan fingerprint density at radius 2 is 1.56 bits per heavy atom. The third kappa shape index (κ3) is 7.24. The molecule has 0 spiro atoms. The van der Waals surface area contributed by atoms with E-state index in [1.165, 1.54) is 49.2 Å². The van der Waals surface area contributed by atoms with Gasteiger partial charge in [-0.2, -0.15) is 0 Å². The van der Waals surface area contributed by atoms with E-state index in [4.69, 9.17) is 0 Å². The van der Waals surface area contributed by atoms with Crippen molar-refractivity contribution in [3.05, 3.63) is 30.3 Å². The Kier molecular flexibility index (Phi) is 8.83. The Balaban J connectivity index is 1.89. The van der Waals surface area contributed by atoms with Crippen molar-refractivity contribution in [3.63, 3.8) is 0 Å². The topological polar surface area (TPSA) is 0 Å². The van der Waals surface area contributed by atoms with E-state index in [2.05, 4.69) is 37.3 Å². The van der Waals surface area contributed by atoms with Gasteiger partial charge in [0, 0.05) is 10.6 Å². The monoisotopic (exact) mass is 254 g/mol. The minimum absolute atomic E-state index is 1.28. The largest absolute Gasteiger partial charge is 0.0889 e. The van der Waals surface area contributed by atoms with Gasteiger partial charge in [0.2, 0.25) is 0 Å². The lowest BCUT2D eigenvalue weighted by Gasteiger charge is -2.01. The van der Waals surface area contributed by atoms with E-state index in [0.29, 0.717) is 0 Å². The highest BCUT2D eigenvalue weighted by Crippen LogP contribution is 2.31. The van der Waals surface area contributed by atoms with Crippen LogP contribution in [-0.2, 0) is 0 Å². The molecule has 0 heterocycles. The van der Waals surface area contributed by atoms with Crippen LogP contribution in [0.3, 0.4) is 0 Å². The molecule has 16 heavy (non-hydrogen) atoms. The third-order valence-corrected chi connectivity index (χ3v) is 4.95. The van der Waals surface area contributed by atoms with E-state index < -0.39 is 0 Å². The molecule has 0 bridgehead atoms. The van der Waals surface area contributed by atoms with Crippen LogP contribution in [0.15, 0.2) is 35.2 Å². The van der Waals surface area contributed by atoms with E-state index in [-0.39, 0.29) is 0 Å². The van der Waals surface area contributed by atoms with Crippen molar-refractivity contribution in [3.8, 4) is 0 Å². The van der Waals surface area contributed by atoms with Gasteiger partial charge in [-0.05, 0) is 18.6 Å². The SMILES string of the molecule is CCCCCCCCSSc1ccccc1. The summed E-state index contributed by atoms with van der Waals surface area (Å²) in [7, 11) is 3.89. The summed E-state index contributed by atoms with van der Waals surface area (Å²) in [5.74, 6) is 1.28. The normalized spacial score (nSPS) is 10.6. The summed E-state index contributed by atoms with van der Waals surface area (Å²) in [6, 6.07) is 10.6. The first-order valence-corrected chi connectivity index (χ1v) is 8.60. The van der Waals surface area contributed by atoms with Gasteiger partial charge in [0.15, 0.2) is 0 Å². The van der Waals surface area contributed by atoms with Crippen LogP contribution in [0.5, 0.6) is 0 Å². The predicted octanol–water partition coefficient (Wildman–Crippen LogP) is 5.79. The summed E-state index contributed by atoms with van der Waals surface area (Å²) in [6.07, 6.45) is 8.37. The van der Waals surface area contributed by atoms with Gasteiger partial charge in [-0.1, -0.05) is 78.8 Å². The van der Waals surface area contributed by atoms with Gasteiger partial charge >= 0.3 is 0 Å². The molecule has 0 aliphatic rings. The summed E-state index contributed by atoms with van der Waals surface area (Å²) in [5.41, 5.74) is 0. The summed E-state index contributed by atoms with van der Waals surface area (Å²) in [4.78, 5) is 1.37. The molecule has 0 N–H and O–H groups in total. The van der Waals surface area contributed by atoms with Crippen molar-refractivity contribution in [2.45, 2.75) is 50.3 Å². The Labute approximate surface area is 108 Å². The zero-order valence-electron chi connectivity index (χ0n) is 10.2. The molecule has 0 fully saturated rings. The van der Waals surface area contributed by atoms with Crippen molar-refractivity contribution in [1.82, 2.24) is 0 Å². The molecular weight excluding hydrogens is 232 g/mol. The smallest absolute Gasteiger partial charge is 0.0182 e. The maximum absolute atomic E-state index is 2.27. The van der Waals surface area contributed by atoms with Gasteiger partial charge in [-0.25, -0.2) is 0 Å². The molecule has 1 aromatic carbocycles. The van der Waals surface area contributed by atoms with Crippen molar-refractivity contribution in [2.24, 2.45) is 0 Å². The second-order valence-corrected chi connectivity index (χ2v) is 6.48. The molecule has 0 aromatic heterocycles. The zero-order chi connectivity index (χ0) is 11.5. The van der Waals surface area contributed by atoms with Crippen LogP contribution in [0.1, 0.15) is 45.4 Å². The molecule has 1 rings (SSSR count). The van der Waals surface area contributed by atoms with Crippen LogP contribution in [0.2, 0.25) is 0 Å². The minimum Gasteiger partial charge on any atom is -0.0889 e. The average Bonchev–Trinajstić information content (AvgIpc) is 2.34. The molecule has 0 radical (unpaired) electrons. The quantitative estimate of drug-likeness (QED) is 0.404. The fourth-order valence-electron chi connectivity index (χ4n) is 1.53. The Hall–Kier alpha value is -0.0800. The van der Waals surface area contributed by atoms with Gasteiger partial charge in [0.05, 0.1) is 0 Å². The molecule has 0 aliphatic heterocycles. The van der Waals surface area contributed by atoms with Crippen molar-refractivity contribution in [2.75, 3.05) is 5.75 Å². The highest BCUT2D eigenvalue weighted by Gasteiger charge is 1.94.